The molecular formula is C14H27BrO2. The maximum absolute atomic E-state index is 11.1. The molecule has 0 N–H and O–H groups in total. The first-order chi connectivity index (χ1) is 8.20. The number of rotatable bonds is 11. The number of carbonyl (C=O) groups is 1. The highest BCUT2D eigenvalue weighted by Gasteiger charge is 2.04. The van der Waals surface area contributed by atoms with Gasteiger partial charge in [0, 0.05) is 11.2 Å². The Kier molecular flexibility index (Phi) is 12.4. The molecular weight excluding hydrogens is 280 g/mol. The summed E-state index contributed by atoms with van der Waals surface area (Å²) < 4.78 is 4.88. The average Bonchev–Trinajstić information content (AvgIpc) is 2.31. The third-order valence-electron chi connectivity index (χ3n) is 2.82. The zero-order chi connectivity index (χ0) is 12.9. The molecule has 0 rings (SSSR count). The van der Waals surface area contributed by atoms with Crippen molar-refractivity contribution >= 4 is 21.9 Å². The lowest BCUT2D eigenvalue weighted by atomic mass is 10.1. The molecule has 0 aliphatic rings. The standard InChI is InChI=1S/C14H27BrO2/c1-3-5-10-13(15)11-8-6-7-9-12-14(16)17-4-2/h13H,3-12H2,1-2H3. The van der Waals surface area contributed by atoms with E-state index >= 15 is 0 Å². The van der Waals surface area contributed by atoms with Gasteiger partial charge in [-0.15, -0.1) is 0 Å². The summed E-state index contributed by atoms with van der Waals surface area (Å²) in [4.78, 5) is 11.8. The van der Waals surface area contributed by atoms with Gasteiger partial charge in [0.15, 0.2) is 0 Å². The minimum atomic E-state index is -0.0474. The Morgan fingerprint density at radius 1 is 1.06 bits per heavy atom. The largest absolute Gasteiger partial charge is 0.466 e. The first-order valence-corrected chi connectivity index (χ1v) is 7.92. The van der Waals surface area contributed by atoms with Crippen molar-refractivity contribution in [2.45, 2.75) is 76.5 Å². The van der Waals surface area contributed by atoms with Crippen LogP contribution < -0.4 is 0 Å². The lowest BCUT2D eigenvalue weighted by molar-refractivity contribution is -0.143. The molecule has 0 aromatic rings. The molecule has 0 aromatic carbocycles. The minimum Gasteiger partial charge on any atom is -0.466 e. The molecule has 0 aliphatic carbocycles. The van der Waals surface area contributed by atoms with Gasteiger partial charge in [-0.2, -0.15) is 0 Å². The second-order valence-corrected chi connectivity index (χ2v) is 5.79. The summed E-state index contributed by atoms with van der Waals surface area (Å²) in [6, 6.07) is 0. The van der Waals surface area contributed by atoms with Crippen LogP contribution in [0.2, 0.25) is 0 Å². The third-order valence-corrected chi connectivity index (χ3v) is 3.74. The molecule has 0 saturated carbocycles. The molecule has 0 heterocycles. The van der Waals surface area contributed by atoms with E-state index in [0.717, 1.165) is 12.8 Å². The Bertz CT molecular complexity index is 183. The quantitative estimate of drug-likeness (QED) is 0.310. The molecule has 0 saturated heterocycles. The fraction of sp³-hybridized carbons (Fsp3) is 0.929. The van der Waals surface area contributed by atoms with Gasteiger partial charge in [-0.1, -0.05) is 55.0 Å². The molecule has 17 heavy (non-hydrogen) atoms. The normalized spacial score (nSPS) is 12.4. The molecule has 1 atom stereocenters. The van der Waals surface area contributed by atoms with E-state index in [4.69, 9.17) is 4.74 Å². The van der Waals surface area contributed by atoms with Crippen molar-refractivity contribution in [3.63, 3.8) is 0 Å². The summed E-state index contributed by atoms with van der Waals surface area (Å²) in [7, 11) is 0. The molecule has 0 aromatic heterocycles. The maximum atomic E-state index is 11.1. The minimum absolute atomic E-state index is 0.0474. The lowest BCUT2D eigenvalue weighted by Gasteiger charge is -2.08. The van der Waals surface area contributed by atoms with Gasteiger partial charge in [-0.05, 0) is 26.2 Å². The van der Waals surface area contributed by atoms with Gasteiger partial charge in [0.1, 0.15) is 0 Å². The summed E-state index contributed by atoms with van der Waals surface area (Å²) >= 11 is 3.72. The van der Waals surface area contributed by atoms with Crippen molar-refractivity contribution < 1.29 is 9.53 Å². The lowest BCUT2D eigenvalue weighted by Crippen LogP contribution is -2.03. The Balaban J connectivity index is 3.20. The van der Waals surface area contributed by atoms with Gasteiger partial charge >= 0.3 is 5.97 Å². The zero-order valence-corrected chi connectivity index (χ0v) is 12.9. The van der Waals surface area contributed by atoms with Gasteiger partial charge in [0.25, 0.3) is 0 Å². The number of halogens is 1. The van der Waals surface area contributed by atoms with Crippen LogP contribution in [0.4, 0.5) is 0 Å². The van der Waals surface area contributed by atoms with Crippen LogP contribution in [-0.4, -0.2) is 17.4 Å². The van der Waals surface area contributed by atoms with Crippen LogP contribution in [0.5, 0.6) is 0 Å². The Labute approximate surface area is 115 Å². The van der Waals surface area contributed by atoms with Crippen LogP contribution in [0, 0.1) is 0 Å². The van der Waals surface area contributed by atoms with Crippen LogP contribution >= 0.6 is 15.9 Å². The number of hydrogen-bond donors (Lipinski definition) is 0. The van der Waals surface area contributed by atoms with Crippen LogP contribution in [-0.2, 0) is 9.53 Å². The van der Waals surface area contributed by atoms with E-state index in [0.29, 0.717) is 17.9 Å². The highest BCUT2D eigenvalue weighted by molar-refractivity contribution is 9.09. The van der Waals surface area contributed by atoms with Crippen LogP contribution in [0.25, 0.3) is 0 Å². The van der Waals surface area contributed by atoms with Gasteiger partial charge in [0.2, 0.25) is 0 Å². The van der Waals surface area contributed by atoms with Crippen molar-refractivity contribution in [3.8, 4) is 0 Å². The highest BCUT2D eigenvalue weighted by Crippen LogP contribution is 2.17. The predicted octanol–water partition coefficient (Wildman–Crippen LogP) is 4.84. The second kappa shape index (κ2) is 12.4. The van der Waals surface area contributed by atoms with E-state index in [1.807, 2.05) is 6.92 Å². The van der Waals surface area contributed by atoms with Crippen molar-refractivity contribution in [1.82, 2.24) is 0 Å². The van der Waals surface area contributed by atoms with Crippen LogP contribution in [0.15, 0.2) is 0 Å². The van der Waals surface area contributed by atoms with E-state index in [1.54, 1.807) is 0 Å². The first kappa shape index (κ1) is 16.9. The maximum Gasteiger partial charge on any atom is 0.305 e. The summed E-state index contributed by atoms with van der Waals surface area (Å²) in [5, 5.41) is 0. The fourth-order valence-corrected chi connectivity index (χ4v) is 2.44. The van der Waals surface area contributed by atoms with Gasteiger partial charge in [-0.25, -0.2) is 0 Å². The first-order valence-electron chi connectivity index (χ1n) is 7.00. The summed E-state index contributed by atoms with van der Waals surface area (Å²) in [6.07, 6.45) is 10.4. The topological polar surface area (TPSA) is 26.3 Å². The van der Waals surface area contributed by atoms with Gasteiger partial charge < -0.3 is 4.74 Å². The van der Waals surface area contributed by atoms with E-state index < -0.39 is 0 Å². The summed E-state index contributed by atoms with van der Waals surface area (Å²) in [5.41, 5.74) is 0. The van der Waals surface area contributed by atoms with Gasteiger partial charge in [-0.3, -0.25) is 4.79 Å². The van der Waals surface area contributed by atoms with E-state index in [2.05, 4.69) is 22.9 Å². The molecule has 0 spiro atoms. The molecule has 0 aliphatic heterocycles. The predicted molar refractivity (Wildman–Crippen MR) is 76.6 cm³/mol. The molecule has 0 fully saturated rings. The molecule has 0 bridgehead atoms. The Hall–Kier alpha value is -0.0500. The number of unbranched alkanes of at least 4 members (excludes halogenated alkanes) is 4. The van der Waals surface area contributed by atoms with Crippen LogP contribution in [0.3, 0.4) is 0 Å². The smallest absolute Gasteiger partial charge is 0.305 e. The Morgan fingerprint density at radius 2 is 1.71 bits per heavy atom. The number of ether oxygens (including phenoxy) is 1. The third kappa shape index (κ3) is 12.2. The molecule has 3 heteroatoms. The zero-order valence-electron chi connectivity index (χ0n) is 11.3. The highest BCUT2D eigenvalue weighted by atomic mass is 79.9. The monoisotopic (exact) mass is 306 g/mol. The summed E-state index contributed by atoms with van der Waals surface area (Å²) in [5.74, 6) is -0.0474. The van der Waals surface area contributed by atoms with Gasteiger partial charge in [0.05, 0.1) is 6.61 Å². The Morgan fingerprint density at radius 3 is 2.35 bits per heavy atom. The number of esters is 1. The number of hydrogen-bond acceptors (Lipinski definition) is 2. The molecule has 2 nitrogen and oxygen atoms in total. The fourth-order valence-electron chi connectivity index (χ4n) is 1.79. The molecule has 0 radical (unpaired) electrons. The molecule has 102 valence electrons. The average molecular weight is 307 g/mol. The molecule has 1 unspecified atom stereocenters. The van der Waals surface area contributed by atoms with E-state index in [1.165, 1.54) is 38.5 Å². The van der Waals surface area contributed by atoms with Crippen LogP contribution in [0.1, 0.15) is 71.6 Å². The van der Waals surface area contributed by atoms with E-state index in [-0.39, 0.29) is 5.97 Å². The number of alkyl halides is 1. The van der Waals surface area contributed by atoms with Crippen molar-refractivity contribution in [3.05, 3.63) is 0 Å². The number of carbonyl (C=O) groups excluding carboxylic acids is 1. The molecule has 0 amide bonds. The SMILES string of the molecule is CCCCC(Br)CCCCCCC(=O)OCC. The van der Waals surface area contributed by atoms with E-state index in [9.17, 15) is 4.79 Å². The second-order valence-electron chi connectivity index (χ2n) is 4.50. The van der Waals surface area contributed by atoms with Crippen molar-refractivity contribution in [2.75, 3.05) is 6.61 Å². The summed E-state index contributed by atoms with van der Waals surface area (Å²) in [6.45, 7) is 4.58. The van der Waals surface area contributed by atoms with Crippen molar-refractivity contribution in [1.29, 1.82) is 0 Å². The van der Waals surface area contributed by atoms with Crippen molar-refractivity contribution in [2.24, 2.45) is 0 Å².